The van der Waals surface area contributed by atoms with Crippen molar-refractivity contribution in [2.24, 2.45) is 5.92 Å². The van der Waals surface area contributed by atoms with Crippen LogP contribution in [0.3, 0.4) is 0 Å². The molecular formula is C25H31ClN2O5S. The number of carbonyl (C=O) groups excluding carboxylic acids is 1. The van der Waals surface area contributed by atoms with Crippen LogP contribution in [0.15, 0.2) is 15.6 Å². The van der Waals surface area contributed by atoms with Crippen molar-refractivity contribution in [3.63, 3.8) is 0 Å². The number of sulfonamides is 1. The molecule has 2 unspecified atom stereocenters. The summed E-state index contributed by atoms with van der Waals surface area (Å²) in [6, 6.07) is 0.517. The number of fused-ring (bicyclic) bond motifs is 2. The Morgan fingerprint density at radius 1 is 1.12 bits per heavy atom. The highest BCUT2D eigenvalue weighted by Gasteiger charge is 2.33. The number of aliphatic hydroxyl groups excluding tert-OH is 1. The Labute approximate surface area is 205 Å². The van der Waals surface area contributed by atoms with Crippen LogP contribution >= 0.6 is 11.6 Å². The zero-order chi connectivity index (χ0) is 24.0. The Balaban J connectivity index is 1.37. The van der Waals surface area contributed by atoms with Crippen molar-refractivity contribution in [1.29, 1.82) is 0 Å². The largest absolute Gasteiger partial charge is 0.447 e. The molecule has 1 fully saturated rings. The van der Waals surface area contributed by atoms with E-state index in [-0.39, 0.29) is 17.6 Å². The van der Waals surface area contributed by atoms with Crippen LogP contribution < -0.4 is 10.0 Å². The molecule has 0 saturated heterocycles. The van der Waals surface area contributed by atoms with Gasteiger partial charge in [-0.05, 0) is 86.0 Å². The molecule has 3 aliphatic carbocycles. The molecule has 1 saturated carbocycles. The first-order chi connectivity index (χ1) is 16.3. The van der Waals surface area contributed by atoms with Gasteiger partial charge < -0.3 is 14.8 Å². The number of hydrogen-bond donors (Lipinski definition) is 3. The van der Waals surface area contributed by atoms with Crippen LogP contribution in [0.4, 0.5) is 10.5 Å². The SMILES string of the molecule is CCC1CCC(c2oc(S(=O)(=O)NC(=O)Nc3c4c(c(Cl)c5c3CCC5)CCC4)cc2CO)C1. The number of rotatable bonds is 6. The smallest absolute Gasteiger partial charge is 0.333 e. The molecule has 1 aromatic heterocycles. The zero-order valence-electron chi connectivity index (χ0n) is 19.4. The average Bonchev–Trinajstić information content (AvgIpc) is 3.60. The van der Waals surface area contributed by atoms with E-state index in [2.05, 4.69) is 17.0 Å². The lowest BCUT2D eigenvalue weighted by Crippen LogP contribution is -2.34. The van der Waals surface area contributed by atoms with Gasteiger partial charge in [-0.2, -0.15) is 8.42 Å². The minimum atomic E-state index is -4.24. The molecule has 0 radical (unpaired) electrons. The molecule has 0 bridgehead atoms. The molecule has 184 valence electrons. The summed E-state index contributed by atoms with van der Waals surface area (Å²) in [5, 5.41) is 13.1. The first-order valence-electron chi connectivity index (χ1n) is 12.2. The van der Waals surface area contributed by atoms with E-state index >= 15 is 0 Å². The lowest BCUT2D eigenvalue weighted by Gasteiger charge is -2.18. The third-order valence-electron chi connectivity index (χ3n) is 7.78. The summed E-state index contributed by atoms with van der Waals surface area (Å²) in [7, 11) is -4.24. The number of halogens is 1. The van der Waals surface area contributed by atoms with Crippen LogP contribution in [0.1, 0.15) is 84.9 Å². The fourth-order valence-corrected chi connectivity index (χ4v) is 7.36. The van der Waals surface area contributed by atoms with E-state index in [9.17, 15) is 18.3 Å². The quantitative estimate of drug-likeness (QED) is 0.498. The zero-order valence-corrected chi connectivity index (χ0v) is 20.9. The summed E-state index contributed by atoms with van der Waals surface area (Å²) in [6.45, 7) is 1.84. The van der Waals surface area contributed by atoms with Crippen LogP contribution in [-0.2, 0) is 42.3 Å². The van der Waals surface area contributed by atoms with Crippen LogP contribution in [0.5, 0.6) is 0 Å². The molecule has 2 aromatic rings. The first kappa shape index (κ1) is 23.7. The molecule has 3 N–H and O–H groups in total. The van der Waals surface area contributed by atoms with Gasteiger partial charge in [0.15, 0.2) is 0 Å². The molecule has 1 aromatic carbocycles. The molecule has 2 amide bonds. The fraction of sp³-hybridized carbons (Fsp3) is 0.560. The maximum absolute atomic E-state index is 13.0. The van der Waals surface area contributed by atoms with E-state index in [0.717, 1.165) is 91.5 Å². The van der Waals surface area contributed by atoms with E-state index in [1.807, 2.05) is 0 Å². The number of anilines is 1. The van der Waals surface area contributed by atoms with Gasteiger partial charge in [-0.15, -0.1) is 0 Å². The fourth-order valence-electron chi connectivity index (χ4n) is 6.05. The molecular weight excluding hydrogens is 476 g/mol. The van der Waals surface area contributed by atoms with Gasteiger partial charge in [0.25, 0.3) is 10.0 Å². The van der Waals surface area contributed by atoms with Crippen LogP contribution in [0.2, 0.25) is 5.02 Å². The second-order valence-corrected chi connectivity index (χ2v) is 11.8. The Kier molecular flexibility index (Phi) is 6.42. The molecule has 0 spiro atoms. The standard InChI is InChI=1S/C25H31ClN2O5S/c1-2-14-9-10-15(11-14)24-16(13-29)12-21(33-24)34(31,32)28-25(30)27-23-19-7-3-5-17(19)22(26)18-6-4-8-20(18)23/h12,14-15,29H,2-11,13H2,1H3,(H2,27,28,30). The van der Waals surface area contributed by atoms with Crippen molar-refractivity contribution in [3.8, 4) is 0 Å². The van der Waals surface area contributed by atoms with Crippen molar-refractivity contribution in [2.45, 2.75) is 88.7 Å². The van der Waals surface area contributed by atoms with Crippen molar-refractivity contribution in [2.75, 3.05) is 5.32 Å². The minimum absolute atomic E-state index is 0.0871. The number of hydrogen-bond acceptors (Lipinski definition) is 5. The maximum Gasteiger partial charge on any atom is 0.333 e. The van der Waals surface area contributed by atoms with Crippen LogP contribution in [0.25, 0.3) is 0 Å². The van der Waals surface area contributed by atoms with E-state index in [1.54, 1.807) is 0 Å². The van der Waals surface area contributed by atoms with Gasteiger partial charge >= 0.3 is 6.03 Å². The highest BCUT2D eigenvalue weighted by molar-refractivity contribution is 7.89. The van der Waals surface area contributed by atoms with Crippen LogP contribution in [-0.4, -0.2) is 19.6 Å². The molecule has 1 heterocycles. The van der Waals surface area contributed by atoms with Gasteiger partial charge in [0.2, 0.25) is 5.09 Å². The highest BCUT2D eigenvalue weighted by Crippen LogP contribution is 2.44. The molecule has 7 nitrogen and oxygen atoms in total. The minimum Gasteiger partial charge on any atom is -0.447 e. The third kappa shape index (κ3) is 4.14. The lowest BCUT2D eigenvalue weighted by molar-refractivity contribution is 0.256. The summed E-state index contributed by atoms with van der Waals surface area (Å²) in [5.41, 5.74) is 5.37. The molecule has 3 aliphatic rings. The number of benzene rings is 1. The van der Waals surface area contributed by atoms with Crippen molar-refractivity contribution < 1.29 is 22.7 Å². The number of carbonyl (C=O) groups is 1. The number of amides is 2. The molecule has 9 heteroatoms. The highest BCUT2D eigenvalue weighted by atomic mass is 35.5. The second kappa shape index (κ2) is 9.21. The average molecular weight is 507 g/mol. The molecule has 2 atom stereocenters. The predicted octanol–water partition coefficient (Wildman–Crippen LogP) is 5.21. The van der Waals surface area contributed by atoms with E-state index < -0.39 is 16.1 Å². The normalized spacial score (nSPS) is 21.5. The first-order valence-corrected chi connectivity index (χ1v) is 14.1. The molecule has 0 aliphatic heterocycles. The molecule has 5 rings (SSSR count). The van der Waals surface area contributed by atoms with Gasteiger partial charge in [0, 0.05) is 28.3 Å². The van der Waals surface area contributed by atoms with Gasteiger partial charge in [0.1, 0.15) is 5.76 Å². The van der Waals surface area contributed by atoms with Gasteiger partial charge in [-0.3, -0.25) is 0 Å². The second-order valence-electron chi connectivity index (χ2n) is 9.77. The van der Waals surface area contributed by atoms with Gasteiger partial charge in [-0.25, -0.2) is 9.52 Å². The maximum atomic E-state index is 13.0. The van der Waals surface area contributed by atoms with Gasteiger partial charge in [-0.1, -0.05) is 24.9 Å². The summed E-state index contributed by atoms with van der Waals surface area (Å²) >= 11 is 6.64. The van der Waals surface area contributed by atoms with Crippen molar-refractivity contribution in [1.82, 2.24) is 4.72 Å². The Hall–Kier alpha value is -2.03. The Bertz CT molecular complexity index is 1200. The van der Waals surface area contributed by atoms with E-state index in [1.165, 1.54) is 6.07 Å². The lowest BCUT2D eigenvalue weighted by atomic mass is 9.98. The summed E-state index contributed by atoms with van der Waals surface area (Å²) < 4.78 is 33.9. The number of furan rings is 1. The van der Waals surface area contributed by atoms with Crippen molar-refractivity contribution in [3.05, 3.63) is 44.7 Å². The Morgan fingerprint density at radius 3 is 2.35 bits per heavy atom. The topological polar surface area (TPSA) is 109 Å². The number of aliphatic hydroxyl groups is 1. The summed E-state index contributed by atoms with van der Waals surface area (Å²) in [5.74, 6) is 1.19. The summed E-state index contributed by atoms with van der Waals surface area (Å²) in [6.07, 6.45) is 9.23. The Morgan fingerprint density at radius 2 is 1.76 bits per heavy atom. The van der Waals surface area contributed by atoms with Crippen molar-refractivity contribution >= 4 is 33.3 Å². The van der Waals surface area contributed by atoms with Gasteiger partial charge in [0.05, 0.1) is 6.61 Å². The monoisotopic (exact) mass is 506 g/mol. The summed E-state index contributed by atoms with van der Waals surface area (Å²) in [4.78, 5) is 12.9. The number of urea groups is 1. The number of nitrogens with one attached hydrogen (secondary N) is 2. The third-order valence-corrected chi connectivity index (χ3v) is 9.42. The predicted molar refractivity (Wildman–Crippen MR) is 130 cm³/mol. The molecule has 34 heavy (non-hydrogen) atoms. The van der Waals surface area contributed by atoms with E-state index in [4.69, 9.17) is 16.0 Å². The van der Waals surface area contributed by atoms with E-state index in [0.29, 0.717) is 22.9 Å². The van der Waals surface area contributed by atoms with Crippen LogP contribution in [0, 0.1) is 5.92 Å².